The molecule has 1 unspecified atom stereocenters. The molecule has 1 aliphatic rings. The quantitative estimate of drug-likeness (QED) is 0.426. The second-order valence-electron chi connectivity index (χ2n) is 8.41. The lowest BCUT2D eigenvalue weighted by molar-refractivity contribution is -0.121. The first kappa shape index (κ1) is 24.5. The van der Waals surface area contributed by atoms with Gasteiger partial charge in [-0.25, -0.2) is 4.79 Å². The van der Waals surface area contributed by atoms with Crippen molar-refractivity contribution in [3.05, 3.63) is 95.3 Å². The van der Waals surface area contributed by atoms with Crippen molar-refractivity contribution >= 4 is 28.9 Å². The van der Waals surface area contributed by atoms with Gasteiger partial charge in [-0.1, -0.05) is 43.3 Å². The molecule has 0 radical (unpaired) electrons. The summed E-state index contributed by atoms with van der Waals surface area (Å²) in [5, 5.41) is 2.01. The zero-order chi connectivity index (χ0) is 24.8. The second kappa shape index (κ2) is 10.7. The van der Waals surface area contributed by atoms with Gasteiger partial charge >= 0.3 is 5.97 Å². The second-order valence-corrected chi connectivity index (χ2v) is 9.89. The molecule has 7 nitrogen and oxygen atoms in total. The number of aryl methyl sites for hydroxylation is 1. The number of carbonyl (C=O) groups is 3. The molecule has 0 saturated carbocycles. The molecule has 2 aromatic carbocycles. The van der Waals surface area contributed by atoms with E-state index >= 15 is 0 Å². The Balaban J connectivity index is 1.44. The molecule has 8 heteroatoms. The molecule has 1 N–H and O–H groups in total. The van der Waals surface area contributed by atoms with Crippen LogP contribution in [0.5, 0.6) is 5.75 Å². The van der Waals surface area contributed by atoms with Crippen molar-refractivity contribution in [1.29, 1.82) is 0 Å². The molecule has 35 heavy (non-hydrogen) atoms. The van der Waals surface area contributed by atoms with E-state index in [-0.39, 0.29) is 17.8 Å². The fourth-order valence-corrected chi connectivity index (χ4v) is 4.60. The van der Waals surface area contributed by atoms with Crippen molar-refractivity contribution in [3.8, 4) is 5.75 Å². The standard InChI is InChI=1S/C27H26N2O5S/c1-3-18-11-14-22(28-16-18)23(34-24(30)20-7-5-4-6-8-20)17-33-21-12-9-19(10-13-21)15-27(2)25(31)29-26(32)35-27/h4-14,16,23H,3,15,17H2,1-2H3,(H,29,31,32)/t23-,27?/m0/s1. The fourth-order valence-electron chi connectivity index (χ4n) is 3.67. The number of carbonyl (C=O) groups excluding carboxylic acids is 3. The summed E-state index contributed by atoms with van der Waals surface area (Å²) < 4.78 is 10.9. The molecule has 4 rings (SSSR count). The van der Waals surface area contributed by atoms with E-state index in [1.807, 2.05) is 37.3 Å². The average molecular weight is 491 g/mol. The number of benzene rings is 2. The van der Waals surface area contributed by atoms with Crippen LogP contribution in [-0.2, 0) is 22.4 Å². The Hall–Kier alpha value is -3.65. The number of pyridine rings is 1. The van der Waals surface area contributed by atoms with Gasteiger partial charge in [-0.05, 0) is 73.0 Å². The van der Waals surface area contributed by atoms with Gasteiger partial charge in [0.2, 0.25) is 5.91 Å². The van der Waals surface area contributed by atoms with Crippen LogP contribution in [0.3, 0.4) is 0 Å². The average Bonchev–Trinajstić information content (AvgIpc) is 3.13. The predicted octanol–water partition coefficient (Wildman–Crippen LogP) is 4.91. The van der Waals surface area contributed by atoms with Crippen molar-refractivity contribution in [1.82, 2.24) is 10.3 Å². The number of imide groups is 1. The van der Waals surface area contributed by atoms with E-state index in [4.69, 9.17) is 9.47 Å². The molecule has 0 aliphatic carbocycles. The van der Waals surface area contributed by atoms with Gasteiger partial charge in [0.05, 0.1) is 11.3 Å². The molecule has 180 valence electrons. The zero-order valence-electron chi connectivity index (χ0n) is 19.5. The predicted molar refractivity (Wildman–Crippen MR) is 133 cm³/mol. The van der Waals surface area contributed by atoms with E-state index in [0.717, 1.165) is 29.3 Å². The minimum atomic E-state index is -0.827. The van der Waals surface area contributed by atoms with Crippen LogP contribution in [0.25, 0.3) is 0 Å². The third kappa shape index (κ3) is 6.08. The highest BCUT2D eigenvalue weighted by atomic mass is 32.2. The Kier molecular flexibility index (Phi) is 7.51. The molecular weight excluding hydrogens is 464 g/mol. The molecule has 1 aromatic heterocycles. The highest BCUT2D eigenvalue weighted by molar-refractivity contribution is 8.16. The molecule has 0 bridgehead atoms. The maximum atomic E-state index is 12.7. The minimum absolute atomic E-state index is 0.0842. The lowest BCUT2D eigenvalue weighted by Gasteiger charge is -2.20. The number of nitrogens with one attached hydrogen (secondary N) is 1. The van der Waals surface area contributed by atoms with Gasteiger partial charge < -0.3 is 9.47 Å². The van der Waals surface area contributed by atoms with Crippen molar-refractivity contribution < 1.29 is 23.9 Å². The Bertz CT molecular complexity index is 1200. The maximum Gasteiger partial charge on any atom is 0.338 e. The number of hydrogen-bond acceptors (Lipinski definition) is 7. The van der Waals surface area contributed by atoms with Crippen LogP contribution in [-0.4, -0.2) is 33.5 Å². The van der Waals surface area contributed by atoms with Gasteiger partial charge in [0, 0.05) is 6.20 Å². The normalized spacial score (nSPS) is 18.1. The van der Waals surface area contributed by atoms with E-state index in [1.165, 1.54) is 0 Å². The molecule has 2 amide bonds. The van der Waals surface area contributed by atoms with E-state index in [1.54, 1.807) is 49.5 Å². The monoisotopic (exact) mass is 490 g/mol. The van der Waals surface area contributed by atoms with Crippen LogP contribution in [0.4, 0.5) is 4.79 Å². The highest BCUT2D eigenvalue weighted by Gasteiger charge is 2.43. The third-order valence-electron chi connectivity index (χ3n) is 5.72. The zero-order valence-corrected chi connectivity index (χ0v) is 20.3. The number of hydrogen-bond donors (Lipinski definition) is 1. The maximum absolute atomic E-state index is 12.7. The van der Waals surface area contributed by atoms with Crippen LogP contribution in [0.1, 0.15) is 47.1 Å². The first-order valence-electron chi connectivity index (χ1n) is 11.3. The summed E-state index contributed by atoms with van der Waals surface area (Å²) in [5.74, 6) is -0.145. The summed E-state index contributed by atoms with van der Waals surface area (Å²) in [4.78, 5) is 40.8. The van der Waals surface area contributed by atoms with Crippen LogP contribution in [0.15, 0.2) is 72.9 Å². The summed E-state index contributed by atoms with van der Waals surface area (Å²) in [7, 11) is 0. The Morgan fingerprint density at radius 1 is 1.03 bits per heavy atom. The molecule has 1 aliphatic heterocycles. The minimum Gasteiger partial charge on any atom is -0.489 e. The van der Waals surface area contributed by atoms with Gasteiger partial charge in [-0.2, -0.15) is 0 Å². The summed E-state index contributed by atoms with van der Waals surface area (Å²) in [6, 6.07) is 19.9. The topological polar surface area (TPSA) is 94.6 Å². The van der Waals surface area contributed by atoms with E-state index < -0.39 is 16.8 Å². The van der Waals surface area contributed by atoms with E-state index in [2.05, 4.69) is 10.3 Å². The number of aromatic nitrogens is 1. The van der Waals surface area contributed by atoms with Gasteiger partial charge in [-0.15, -0.1) is 0 Å². The SMILES string of the molecule is CCc1ccc([C@H](COc2ccc(CC3(C)SC(=O)NC3=O)cc2)OC(=O)c2ccccc2)nc1. The summed E-state index contributed by atoms with van der Waals surface area (Å²) in [6.07, 6.45) is 2.35. The number of rotatable bonds is 9. The van der Waals surface area contributed by atoms with Crippen LogP contribution >= 0.6 is 11.8 Å². The Morgan fingerprint density at radius 3 is 2.34 bits per heavy atom. The van der Waals surface area contributed by atoms with Gasteiger partial charge in [0.1, 0.15) is 17.1 Å². The first-order chi connectivity index (χ1) is 16.9. The lowest BCUT2D eigenvalue weighted by atomic mass is 9.99. The number of thioether (sulfide) groups is 1. The van der Waals surface area contributed by atoms with Gasteiger partial charge in [0.15, 0.2) is 6.10 Å². The van der Waals surface area contributed by atoms with Crippen molar-refractivity contribution in [3.63, 3.8) is 0 Å². The smallest absolute Gasteiger partial charge is 0.338 e. The molecule has 2 heterocycles. The van der Waals surface area contributed by atoms with Crippen molar-refractivity contribution in [2.75, 3.05) is 6.61 Å². The summed E-state index contributed by atoms with van der Waals surface area (Å²) >= 11 is 1.01. The van der Waals surface area contributed by atoms with Crippen molar-refractivity contribution in [2.24, 2.45) is 0 Å². The molecule has 0 spiro atoms. The Morgan fingerprint density at radius 2 is 1.74 bits per heavy atom. The lowest BCUT2D eigenvalue weighted by Crippen LogP contribution is -2.35. The number of ether oxygens (including phenoxy) is 2. The van der Waals surface area contributed by atoms with Gasteiger partial charge in [0.25, 0.3) is 5.24 Å². The Labute approximate surface area is 208 Å². The molecule has 3 aromatic rings. The number of esters is 1. The summed E-state index contributed by atoms with van der Waals surface area (Å²) in [6.45, 7) is 3.89. The highest BCUT2D eigenvalue weighted by Crippen LogP contribution is 2.35. The molecular formula is C27H26N2O5S. The van der Waals surface area contributed by atoms with Crippen LogP contribution in [0.2, 0.25) is 0 Å². The first-order valence-corrected chi connectivity index (χ1v) is 12.1. The van der Waals surface area contributed by atoms with Crippen molar-refractivity contribution in [2.45, 2.75) is 37.5 Å². The van der Waals surface area contributed by atoms with Crippen LogP contribution in [0, 0.1) is 0 Å². The van der Waals surface area contributed by atoms with E-state index in [0.29, 0.717) is 23.4 Å². The third-order valence-corrected chi connectivity index (χ3v) is 6.79. The molecule has 1 saturated heterocycles. The molecule has 1 fully saturated rings. The number of nitrogens with zero attached hydrogens (tertiary/aromatic N) is 1. The van der Waals surface area contributed by atoms with Gasteiger partial charge in [-0.3, -0.25) is 19.9 Å². The number of amides is 2. The summed E-state index contributed by atoms with van der Waals surface area (Å²) in [5.41, 5.74) is 3.04. The largest absolute Gasteiger partial charge is 0.489 e. The van der Waals surface area contributed by atoms with E-state index in [9.17, 15) is 14.4 Å². The fraction of sp³-hybridized carbons (Fsp3) is 0.259. The van der Waals surface area contributed by atoms with Crippen LogP contribution < -0.4 is 10.1 Å². The molecule has 2 atom stereocenters.